The summed E-state index contributed by atoms with van der Waals surface area (Å²) < 4.78 is 7.13. The van der Waals surface area contributed by atoms with Gasteiger partial charge in [-0.1, -0.05) is 30.3 Å². The minimum absolute atomic E-state index is 0.00241. The fourth-order valence-electron chi connectivity index (χ4n) is 4.33. The first-order valence-electron chi connectivity index (χ1n) is 12.1. The van der Waals surface area contributed by atoms with E-state index in [-0.39, 0.29) is 18.0 Å². The Morgan fingerprint density at radius 1 is 0.973 bits per heavy atom. The first kappa shape index (κ1) is 24.4. The maximum absolute atomic E-state index is 13.0. The van der Waals surface area contributed by atoms with Gasteiger partial charge in [0.15, 0.2) is 0 Å². The Balaban J connectivity index is 1.32. The lowest BCUT2D eigenvalue weighted by atomic mass is 10.1. The lowest BCUT2D eigenvalue weighted by Gasteiger charge is -2.26. The summed E-state index contributed by atoms with van der Waals surface area (Å²) in [5.41, 5.74) is 4.80. The third kappa shape index (κ3) is 6.08. The number of non-ortho nitro benzene ring substituents is 1. The zero-order valence-corrected chi connectivity index (χ0v) is 20.2. The lowest BCUT2D eigenvalue weighted by molar-refractivity contribution is -0.384. The van der Waals surface area contributed by atoms with E-state index in [1.165, 1.54) is 17.7 Å². The summed E-state index contributed by atoms with van der Waals surface area (Å²) in [5.74, 6) is -0.170. The lowest BCUT2D eigenvalue weighted by Crippen LogP contribution is -2.35. The number of benzene rings is 3. The van der Waals surface area contributed by atoms with Crippen LogP contribution >= 0.6 is 0 Å². The van der Waals surface area contributed by atoms with Crippen molar-refractivity contribution in [2.45, 2.75) is 13.0 Å². The summed E-state index contributed by atoms with van der Waals surface area (Å²) in [4.78, 5) is 26.0. The molecule has 3 aromatic carbocycles. The monoisotopic (exact) mass is 497 g/mol. The molecule has 0 spiro atoms. The summed E-state index contributed by atoms with van der Waals surface area (Å²) in [5, 5.41) is 18.7. The van der Waals surface area contributed by atoms with Crippen LogP contribution in [0, 0.1) is 10.1 Å². The number of morpholine rings is 1. The number of amides is 1. The number of carbonyl (C=O) groups excluding carboxylic acids is 1. The van der Waals surface area contributed by atoms with Gasteiger partial charge in [-0.2, -0.15) is 5.10 Å². The molecule has 0 radical (unpaired) electrons. The number of nitrogens with zero attached hydrogens (tertiary/aromatic N) is 4. The van der Waals surface area contributed by atoms with E-state index >= 15 is 0 Å². The van der Waals surface area contributed by atoms with Crippen LogP contribution in [0.5, 0.6) is 0 Å². The second kappa shape index (κ2) is 11.2. The summed E-state index contributed by atoms with van der Waals surface area (Å²) in [6, 6.07) is 23.7. The number of ether oxygens (including phenoxy) is 1. The SMILES string of the molecule is O=C(Cc1cn(-c2ccccc2)nc1-c1ccc([N+](=O)[O-])cc1)Nc1ccc(CN2CCOCC2)cc1. The molecular weight excluding hydrogens is 470 g/mol. The molecule has 1 saturated heterocycles. The maximum atomic E-state index is 13.0. The van der Waals surface area contributed by atoms with Crippen LogP contribution in [0.15, 0.2) is 85.1 Å². The van der Waals surface area contributed by atoms with Crippen LogP contribution in [0.4, 0.5) is 11.4 Å². The fraction of sp³-hybridized carbons (Fsp3) is 0.214. The van der Waals surface area contributed by atoms with E-state index in [1.807, 2.05) is 60.8 Å². The van der Waals surface area contributed by atoms with Crippen molar-refractivity contribution in [3.8, 4) is 16.9 Å². The van der Waals surface area contributed by atoms with Crippen molar-refractivity contribution < 1.29 is 14.5 Å². The van der Waals surface area contributed by atoms with Crippen LogP contribution in [-0.4, -0.2) is 51.8 Å². The van der Waals surface area contributed by atoms with Crippen molar-refractivity contribution >= 4 is 17.3 Å². The van der Waals surface area contributed by atoms with Gasteiger partial charge in [-0.3, -0.25) is 19.8 Å². The molecule has 0 atom stereocenters. The molecule has 0 bridgehead atoms. The van der Waals surface area contributed by atoms with Gasteiger partial charge in [0.25, 0.3) is 5.69 Å². The Morgan fingerprint density at radius 2 is 1.68 bits per heavy atom. The summed E-state index contributed by atoms with van der Waals surface area (Å²) in [6.45, 7) is 4.22. The van der Waals surface area contributed by atoms with E-state index in [0.717, 1.165) is 49.8 Å². The highest BCUT2D eigenvalue weighted by Crippen LogP contribution is 2.26. The van der Waals surface area contributed by atoms with E-state index in [2.05, 4.69) is 10.2 Å². The highest BCUT2D eigenvalue weighted by molar-refractivity contribution is 5.93. The van der Waals surface area contributed by atoms with Crippen molar-refractivity contribution in [2.75, 3.05) is 31.6 Å². The second-order valence-corrected chi connectivity index (χ2v) is 8.90. The second-order valence-electron chi connectivity index (χ2n) is 8.90. The van der Waals surface area contributed by atoms with Gasteiger partial charge >= 0.3 is 0 Å². The molecule has 1 aliphatic heterocycles. The average Bonchev–Trinajstić information content (AvgIpc) is 3.34. The minimum atomic E-state index is -0.438. The maximum Gasteiger partial charge on any atom is 0.269 e. The molecule has 0 unspecified atom stereocenters. The number of rotatable bonds is 8. The van der Waals surface area contributed by atoms with Gasteiger partial charge in [-0.15, -0.1) is 0 Å². The highest BCUT2D eigenvalue weighted by Gasteiger charge is 2.17. The van der Waals surface area contributed by atoms with Crippen LogP contribution in [0.3, 0.4) is 0 Å². The third-order valence-electron chi connectivity index (χ3n) is 6.26. The minimum Gasteiger partial charge on any atom is -0.379 e. The molecule has 1 amide bonds. The zero-order chi connectivity index (χ0) is 25.6. The van der Waals surface area contributed by atoms with Crippen molar-refractivity contribution in [2.24, 2.45) is 0 Å². The molecule has 188 valence electrons. The quantitative estimate of drug-likeness (QED) is 0.285. The normalized spacial score (nSPS) is 13.8. The van der Waals surface area contributed by atoms with E-state index in [4.69, 9.17) is 9.84 Å². The van der Waals surface area contributed by atoms with Gasteiger partial charge in [0.2, 0.25) is 5.91 Å². The molecule has 5 rings (SSSR count). The molecule has 1 N–H and O–H groups in total. The zero-order valence-electron chi connectivity index (χ0n) is 20.2. The average molecular weight is 498 g/mol. The molecular formula is C28H27N5O4. The number of anilines is 1. The Hall–Kier alpha value is -4.34. The molecule has 4 aromatic rings. The van der Waals surface area contributed by atoms with Crippen LogP contribution < -0.4 is 5.32 Å². The van der Waals surface area contributed by atoms with Crippen LogP contribution in [-0.2, 0) is 22.5 Å². The topological polar surface area (TPSA) is 103 Å². The van der Waals surface area contributed by atoms with Gasteiger partial charge in [0.05, 0.1) is 35.9 Å². The first-order valence-corrected chi connectivity index (χ1v) is 12.1. The van der Waals surface area contributed by atoms with Crippen molar-refractivity contribution in [1.82, 2.24) is 14.7 Å². The molecule has 9 nitrogen and oxygen atoms in total. The standard InChI is InChI=1S/C28H27N5O4/c34-27(29-24-10-6-21(7-11-24)19-31-14-16-37-17-15-31)18-23-20-32(25-4-2-1-3-5-25)30-28(23)22-8-12-26(13-9-22)33(35)36/h1-13,20H,14-19H2,(H,29,34). The molecule has 9 heteroatoms. The van der Waals surface area contributed by atoms with Crippen molar-refractivity contribution in [1.29, 1.82) is 0 Å². The van der Waals surface area contributed by atoms with Crippen molar-refractivity contribution in [3.05, 3.63) is 106 Å². The number of nitro benzene ring substituents is 1. The number of nitro groups is 1. The van der Waals surface area contributed by atoms with E-state index < -0.39 is 4.92 Å². The number of carbonyl (C=O) groups is 1. The predicted molar refractivity (Wildman–Crippen MR) is 141 cm³/mol. The van der Waals surface area contributed by atoms with Gasteiger partial charge in [-0.25, -0.2) is 4.68 Å². The summed E-state index contributed by atoms with van der Waals surface area (Å²) in [6.07, 6.45) is 1.94. The molecule has 1 aromatic heterocycles. The number of para-hydroxylation sites is 1. The predicted octanol–water partition coefficient (Wildman–Crippen LogP) is 4.46. The smallest absolute Gasteiger partial charge is 0.269 e. The molecule has 0 aliphatic carbocycles. The van der Waals surface area contributed by atoms with Gasteiger partial charge in [0.1, 0.15) is 0 Å². The van der Waals surface area contributed by atoms with Crippen LogP contribution in [0.1, 0.15) is 11.1 Å². The Bertz CT molecular complexity index is 1360. The van der Waals surface area contributed by atoms with E-state index in [0.29, 0.717) is 11.3 Å². The molecule has 1 aliphatic rings. The van der Waals surface area contributed by atoms with Crippen LogP contribution in [0.2, 0.25) is 0 Å². The Morgan fingerprint density at radius 3 is 2.35 bits per heavy atom. The highest BCUT2D eigenvalue weighted by atomic mass is 16.6. The van der Waals surface area contributed by atoms with Gasteiger partial charge in [-0.05, 0) is 42.0 Å². The number of hydrogen-bond acceptors (Lipinski definition) is 6. The first-order chi connectivity index (χ1) is 18.0. The van der Waals surface area contributed by atoms with Crippen LogP contribution in [0.25, 0.3) is 16.9 Å². The molecule has 37 heavy (non-hydrogen) atoms. The summed E-state index contributed by atoms with van der Waals surface area (Å²) >= 11 is 0. The largest absolute Gasteiger partial charge is 0.379 e. The van der Waals surface area contributed by atoms with Gasteiger partial charge < -0.3 is 10.1 Å². The van der Waals surface area contributed by atoms with E-state index in [1.54, 1.807) is 16.8 Å². The Labute approximate surface area is 214 Å². The fourth-order valence-corrected chi connectivity index (χ4v) is 4.33. The molecule has 1 fully saturated rings. The Kier molecular flexibility index (Phi) is 7.34. The third-order valence-corrected chi connectivity index (χ3v) is 6.26. The van der Waals surface area contributed by atoms with Crippen molar-refractivity contribution in [3.63, 3.8) is 0 Å². The molecule has 2 heterocycles. The molecule has 0 saturated carbocycles. The number of aromatic nitrogens is 2. The van der Waals surface area contributed by atoms with Gasteiger partial charge in [0, 0.05) is 54.8 Å². The summed E-state index contributed by atoms with van der Waals surface area (Å²) in [7, 11) is 0. The number of nitrogens with one attached hydrogen (secondary N) is 1. The van der Waals surface area contributed by atoms with E-state index in [9.17, 15) is 14.9 Å². The number of hydrogen-bond donors (Lipinski definition) is 1.